The van der Waals surface area contributed by atoms with Crippen LogP contribution in [0.3, 0.4) is 0 Å². The molecule has 10 heteroatoms. The van der Waals surface area contributed by atoms with Gasteiger partial charge in [0, 0.05) is 50.6 Å². The number of halogens is 3. The van der Waals surface area contributed by atoms with Crippen LogP contribution in [0.1, 0.15) is 50.9 Å². The normalized spacial score (nSPS) is 15.5. The van der Waals surface area contributed by atoms with Gasteiger partial charge in [-0.05, 0) is 18.6 Å². The number of pyridine rings is 1. The monoisotopic (exact) mass is 425 g/mol. The molecule has 0 aliphatic carbocycles. The summed E-state index contributed by atoms with van der Waals surface area (Å²) in [6.07, 6.45) is -2.01. The van der Waals surface area contributed by atoms with Crippen molar-refractivity contribution in [2.75, 3.05) is 31.1 Å². The first kappa shape index (κ1) is 22.0. The SMILES string of the molecule is CC(C)(C)c1noc(CCCC(=O)N2CCN(c3ccc(C(F)(F)F)cn3)CC2)n1. The lowest BCUT2D eigenvalue weighted by atomic mass is 9.96. The van der Waals surface area contributed by atoms with Gasteiger partial charge in [0.15, 0.2) is 5.82 Å². The molecule has 1 aliphatic rings. The van der Waals surface area contributed by atoms with Crippen molar-refractivity contribution in [2.45, 2.75) is 51.6 Å². The number of hydrogen-bond acceptors (Lipinski definition) is 6. The zero-order chi connectivity index (χ0) is 21.9. The van der Waals surface area contributed by atoms with Gasteiger partial charge in [0.1, 0.15) is 5.82 Å². The molecule has 1 amide bonds. The number of hydrogen-bond donors (Lipinski definition) is 0. The Morgan fingerprint density at radius 2 is 1.83 bits per heavy atom. The first-order valence-corrected chi connectivity index (χ1v) is 9.93. The third kappa shape index (κ3) is 5.48. The van der Waals surface area contributed by atoms with Crippen LogP contribution in [0, 0.1) is 0 Å². The van der Waals surface area contributed by atoms with E-state index in [0.29, 0.717) is 63.0 Å². The topological polar surface area (TPSA) is 75.4 Å². The van der Waals surface area contributed by atoms with Crippen LogP contribution < -0.4 is 4.90 Å². The van der Waals surface area contributed by atoms with E-state index < -0.39 is 11.7 Å². The molecule has 1 saturated heterocycles. The minimum Gasteiger partial charge on any atom is -0.353 e. The van der Waals surface area contributed by atoms with Gasteiger partial charge in [-0.15, -0.1) is 0 Å². The molecule has 7 nitrogen and oxygen atoms in total. The fraction of sp³-hybridized carbons (Fsp3) is 0.600. The quantitative estimate of drug-likeness (QED) is 0.731. The number of anilines is 1. The maximum Gasteiger partial charge on any atom is 0.417 e. The lowest BCUT2D eigenvalue weighted by molar-refractivity contribution is -0.138. The van der Waals surface area contributed by atoms with Crippen molar-refractivity contribution in [3.05, 3.63) is 35.6 Å². The van der Waals surface area contributed by atoms with Crippen molar-refractivity contribution >= 4 is 11.7 Å². The predicted molar refractivity (Wildman–Crippen MR) is 104 cm³/mol. The summed E-state index contributed by atoms with van der Waals surface area (Å²) in [6, 6.07) is 2.40. The molecule has 30 heavy (non-hydrogen) atoms. The van der Waals surface area contributed by atoms with Crippen molar-refractivity contribution in [2.24, 2.45) is 0 Å². The Balaban J connectivity index is 1.43. The molecule has 0 unspecified atom stereocenters. The van der Waals surface area contributed by atoms with Crippen molar-refractivity contribution < 1.29 is 22.5 Å². The van der Waals surface area contributed by atoms with Crippen molar-refractivity contribution in [3.8, 4) is 0 Å². The van der Waals surface area contributed by atoms with Gasteiger partial charge >= 0.3 is 6.18 Å². The van der Waals surface area contributed by atoms with E-state index in [-0.39, 0.29) is 11.3 Å². The highest BCUT2D eigenvalue weighted by molar-refractivity contribution is 5.76. The molecule has 0 saturated carbocycles. The molecule has 0 aromatic carbocycles. The summed E-state index contributed by atoms with van der Waals surface area (Å²) in [7, 11) is 0. The highest BCUT2D eigenvalue weighted by Crippen LogP contribution is 2.29. The summed E-state index contributed by atoms with van der Waals surface area (Å²) in [5.41, 5.74) is -0.949. The molecule has 0 N–H and O–H groups in total. The Labute approximate surface area is 173 Å². The Bertz CT molecular complexity index is 851. The van der Waals surface area contributed by atoms with Crippen LogP contribution in [0.15, 0.2) is 22.9 Å². The van der Waals surface area contributed by atoms with E-state index in [9.17, 15) is 18.0 Å². The Kier molecular flexibility index (Phi) is 6.33. The van der Waals surface area contributed by atoms with Gasteiger partial charge in [0.05, 0.1) is 5.56 Å². The minimum atomic E-state index is -4.40. The summed E-state index contributed by atoms with van der Waals surface area (Å²) in [5, 5.41) is 3.98. The minimum absolute atomic E-state index is 0.0468. The highest BCUT2D eigenvalue weighted by Gasteiger charge is 2.31. The van der Waals surface area contributed by atoms with Gasteiger partial charge in [0.25, 0.3) is 0 Å². The second kappa shape index (κ2) is 8.61. The van der Waals surface area contributed by atoms with Gasteiger partial charge in [-0.2, -0.15) is 18.2 Å². The van der Waals surface area contributed by atoms with Crippen LogP contribution in [0.2, 0.25) is 0 Å². The van der Waals surface area contributed by atoms with Gasteiger partial charge in [-0.1, -0.05) is 25.9 Å². The van der Waals surface area contributed by atoms with Crippen LogP contribution in [-0.4, -0.2) is 52.1 Å². The van der Waals surface area contributed by atoms with E-state index in [0.717, 1.165) is 12.3 Å². The number of aromatic nitrogens is 3. The molecule has 164 valence electrons. The molecular formula is C20H26F3N5O2. The molecule has 0 radical (unpaired) electrons. The molecular weight excluding hydrogens is 399 g/mol. The molecule has 3 heterocycles. The number of aryl methyl sites for hydroxylation is 1. The van der Waals surface area contributed by atoms with E-state index in [1.54, 1.807) is 4.90 Å². The third-order valence-corrected chi connectivity index (χ3v) is 4.95. The highest BCUT2D eigenvalue weighted by atomic mass is 19.4. The average molecular weight is 425 g/mol. The van der Waals surface area contributed by atoms with E-state index >= 15 is 0 Å². The fourth-order valence-corrected chi connectivity index (χ4v) is 3.14. The zero-order valence-electron chi connectivity index (χ0n) is 17.4. The number of amides is 1. The maximum atomic E-state index is 12.7. The molecule has 0 spiro atoms. The molecule has 3 rings (SSSR count). The number of piperazine rings is 1. The third-order valence-electron chi connectivity index (χ3n) is 4.95. The van der Waals surface area contributed by atoms with Crippen LogP contribution >= 0.6 is 0 Å². The number of nitrogens with zero attached hydrogens (tertiary/aromatic N) is 5. The molecule has 0 bridgehead atoms. The van der Waals surface area contributed by atoms with E-state index in [1.165, 1.54) is 6.07 Å². The molecule has 2 aromatic heterocycles. The van der Waals surface area contributed by atoms with Gasteiger partial charge in [0.2, 0.25) is 11.8 Å². The van der Waals surface area contributed by atoms with Crippen molar-refractivity contribution in [1.82, 2.24) is 20.0 Å². The lowest BCUT2D eigenvalue weighted by Gasteiger charge is -2.35. The van der Waals surface area contributed by atoms with Crippen LogP contribution in [0.4, 0.5) is 19.0 Å². The Morgan fingerprint density at radius 1 is 1.13 bits per heavy atom. The largest absolute Gasteiger partial charge is 0.417 e. The Hall–Kier alpha value is -2.65. The lowest BCUT2D eigenvalue weighted by Crippen LogP contribution is -2.49. The van der Waals surface area contributed by atoms with E-state index in [1.807, 2.05) is 25.7 Å². The Morgan fingerprint density at radius 3 is 2.37 bits per heavy atom. The first-order chi connectivity index (χ1) is 14.0. The van der Waals surface area contributed by atoms with Gasteiger partial charge in [-0.25, -0.2) is 4.98 Å². The van der Waals surface area contributed by atoms with E-state index in [4.69, 9.17) is 4.52 Å². The van der Waals surface area contributed by atoms with Gasteiger partial charge in [-0.3, -0.25) is 4.79 Å². The molecule has 1 aliphatic heterocycles. The zero-order valence-corrected chi connectivity index (χ0v) is 17.4. The molecule has 0 atom stereocenters. The number of alkyl halides is 3. The number of carbonyl (C=O) groups is 1. The van der Waals surface area contributed by atoms with Crippen LogP contribution in [0.5, 0.6) is 0 Å². The second-order valence-corrected chi connectivity index (χ2v) is 8.39. The smallest absolute Gasteiger partial charge is 0.353 e. The fourth-order valence-electron chi connectivity index (χ4n) is 3.14. The summed E-state index contributed by atoms with van der Waals surface area (Å²) in [6.45, 7) is 8.10. The summed E-state index contributed by atoms with van der Waals surface area (Å²) in [4.78, 5) is 24.4. The summed E-state index contributed by atoms with van der Waals surface area (Å²) < 4.78 is 43.2. The average Bonchev–Trinajstić information content (AvgIpc) is 3.17. The van der Waals surface area contributed by atoms with Crippen molar-refractivity contribution in [3.63, 3.8) is 0 Å². The molecule has 2 aromatic rings. The van der Waals surface area contributed by atoms with Crippen molar-refractivity contribution in [1.29, 1.82) is 0 Å². The van der Waals surface area contributed by atoms with Gasteiger partial charge < -0.3 is 14.3 Å². The number of carbonyl (C=O) groups excluding carboxylic acids is 1. The van der Waals surface area contributed by atoms with Crippen LogP contribution in [0.25, 0.3) is 0 Å². The summed E-state index contributed by atoms with van der Waals surface area (Å²) in [5.74, 6) is 1.72. The van der Waals surface area contributed by atoms with Crippen LogP contribution in [-0.2, 0) is 22.8 Å². The second-order valence-electron chi connectivity index (χ2n) is 8.39. The maximum absolute atomic E-state index is 12.7. The standard InChI is InChI=1S/C20H26F3N5O2/c1-19(2,3)18-25-16(30-26-18)5-4-6-17(29)28-11-9-27(10-12-28)15-8-7-14(13-24-15)20(21,22)23/h7-8,13H,4-6,9-12H2,1-3H3. The number of rotatable bonds is 5. The summed E-state index contributed by atoms with van der Waals surface area (Å²) >= 11 is 0. The predicted octanol–water partition coefficient (Wildman–Crippen LogP) is 3.45. The first-order valence-electron chi connectivity index (χ1n) is 9.93. The molecule has 1 fully saturated rings. The van der Waals surface area contributed by atoms with E-state index in [2.05, 4.69) is 15.1 Å².